The molecule has 0 radical (unpaired) electrons. The van der Waals surface area contributed by atoms with Gasteiger partial charge in [-0.05, 0) is 39.7 Å². The first kappa shape index (κ1) is 10.7. The smallest absolute Gasteiger partial charge is 0.150 e. The summed E-state index contributed by atoms with van der Waals surface area (Å²) in [7, 11) is 0. The number of hydrogen-bond donors (Lipinski definition) is 1. The van der Waals surface area contributed by atoms with E-state index in [4.69, 9.17) is 16.0 Å². The van der Waals surface area contributed by atoms with Crippen LogP contribution in [-0.2, 0) is 0 Å². The van der Waals surface area contributed by atoms with Crippen molar-refractivity contribution in [1.29, 1.82) is 0 Å². The predicted octanol–water partition coefficient (Wildman–Crippen LogP) is 3.78. The standard InChI is InChI=1S/C11H8BrClO2/c12-9-5-6-15-11(9)10(14)7-1-3-8(13)4-2-7/h1-6,10,14H. The maximum absolute atomic E-state index is 9.99. The van der Waals surface area contributed by atoms with Crippen LogP contribution in [0.4, 0.5) is 0 Å². The summed E-state index contributed by atoms with van der Waals surface area (Å²) in [5.41, 5.74) is 0.745. The molecule has 2 aromatic rings. The monoisotopic (exact) mass is 286 g/mol. The van der Waals surface area contributed by atoms with Gasteiger partial charge in [0, 0.05) is 5.02 Å². The van der Waals surface area contributed by atoms with Crippen molar-refractivity contribution in [3.63, 3.8) is 0 Å². The summed E-state index contributed by atoms with van der Waals surface area (Å²) < 4.78 is 5.94. The topological polar surface area (TPSA) is 33.4 Å². The number of rotatable bonds is 2. The number of furan rings is 1. The molecule has 2 nitrogen and oxygen atoms in total. The summed E-state index contributed by atoms with van der Waals surface area (Å²) in [5.74, 6) is 0.498. The van der Waals surface area contributed by atoms with Gasteiger partial charge >= 0.3 is 0 Å². The fourth-order valence-electron chi connectivity index (χ4n) is 1.30. The molecule has 0 aliphatic rings. The zero-order valence-electron chi connectivity index (χ0n) is 7.65. The first-order valence-corrected chi connectivity index (χ1v) is 5.52. The molecule has 1 atom stereocenters. The molecule has 0 spiro atoms. The summed E-state index contributed by atoms with van der Waals surface area (Å²) in [4.78, 5) is 0. The quantitative estimate of drug-likeness (QED) is 0.912. The van der Waals surface area contributed by atoms with E-state index in [0.29, 0.717) is 10.8 Å². The highest BCUT2D eigenvalue weighted by atomic mass is 79.9. The normalized spacial score (nSPS) is 12.7. The largest absolute Gasteiger partial charge is 0.465 e. The van der Waals surface area contributed by atoms with Crippen LogP contribution >= 0.6 is 27.5 Å². The maximum atomic E-state index is 9.99. The van der Waals surface area contributed by atoms with Crippen molar-refractivity contribution in [1.82, 2.24) is 0 Å². The zero-order chi connectivity index (χ0) is 10.8. The lowest BCUT2D eigenvalue weighted by Crippen LogP contribution is -1.98. The van der Waals surface area contributed by atoms with Gasteiger partial charge in [-0.25, -0.2) is 0 Å². The van der Waals surface area contributed by atoms with Gasteiger partial charge in [0.1, 0.15) is 6.10 Å². The summed E-state index contributed by atoms with van der Waals surface area (Å²) in [5, 5.41) is 10.6. The van der Waals surface area contributed by atoms with Gasteiger partial charge in [0.05, 0.1) is 10.7 Å². The van der Waals surface area contributed by atoms with Crippen molar-refractivity contribution in [2.45, 2.75) is 6.10 Å². The van der Waals surface area contributed by atoms with Crippen molar-refractivity contribution in [3.05, 3.63) is 57.4 Å². The van der Waals surface area contributed by atoms with E-state index in [1.807, 2.05) is 0 Å². The summed E-state index contributed by atoms with van der Waals surface area (Å²) in [6.07, 6.45) is 0.755. The van der Waals surface area contributed by atoms with Crippen LogP contribution in [0.2, 0.25) is 5.02 Å². The molecule has 1 N–H and O–H groups in total. The highest BCUT2D eigenvalue weighted by Gasteiger charge is 2.16. The molecular formula is C11H8BrClO2. The second-order valence-corrected chi connectivity index (χ2v) is 4.38. The number of hydrogen-bond acceptors (Lipinski definition) is 2. The van der Waals surface area contributed by atoms with Crippen LogP contribution in [0.5, 0.6) is 0 Å². The number of halogens is 2. The van der Waals surface area contributed by atoms with Gasteiger partial charge in [-0.1, -0.05) is 23.7 Å². The van der Waals surface area contributed by atoms with E-state index in [9.17, 15) is 5.11 Å². The van der Waals surface area contributed by atoms with Crippen LogP contribution < -0.4 is 0 Å². The second kappa shape index (κ2) is 4.39. The number of aliphatic hydroxyl groups is 1. The number of aliphatic hydroxyl groups excluding tert-OH is 1. The molecule has 1 heterocycles. The summed E-state index contributed by atoms with van der Waals surface area (Å²) >= 11 is 9.06. The molecule has 15 heavy (non-hydrogen) atoms. The molecular weight excluding hydrogens is 279 g/mol. The van der Waals surface area contributed by atoms with E-state index >= 15 is 0 Å². The maximum Gasteiger partial charge on any atom is 0.150 e. The van der Waals surface area contributed by atoms with Crippen molar-refractivity contribution in [2.75, 3.05) is 0 Å². The van der Waals surface area contributed by atoms with Crippen LogP contribution in [0.3, 0.4) is 0 Å². The molecule has 0 aliphatic heterocycles. The average molecular weight is 288 g/mol. The Labute approximate surface area is 101 Å². The Morgan fingerprint density at radius 2 is 1.87 bits per heavy atom. The number of benzene rings is 1. The molecule has 0 saturated heterocycles. The van der Waals surface area contributed by atoms with E-state index < -0.39 is 6.10 Å². The lowest BCUT2D eigenvalue weighted by molar-refractivity contribution is 0.188. The molecule has 0 bridgehead atoms. The van der Waals surface area contributed by atoms with Gasteiger partial charge in [0.25, 0.3) is 0 Å². The Morgan fingerprint density at radius 3 is 2.40 bits per heavy atom. The van der Waals surface area contributed by atoms with Crippen molar-refractivity contribution >= 4 is 27.5 Å². The van der Waals surface area contributed by atoms with E-state index in [-0.39, 0.29) is 0 Å². The fraction of sp³-hybridized carbons (Fsp3) is 0.0909. The highest BCUT2D eigenvalue weighted by Crippen LogP contribution is 2.29. The van der Waals surface area contributed by atoms with E-state index in [2.05, 4.69) is 15.9 Å². The molecule has 2 rings (SSSR count). The third kappa shape index (κ3) is 2.25. The minimum atomic E-state index is -0.772. The Morgan fingerprint density at radius 1 is 1.20 bits per heavy atom. The van der Waals surface area contributed by atoms with Crippen LogP contribution in [0, 0.1) is 0 Å². The van der Waals surface area contributed by atoms with Gasteiger partial charge in [-0.15, -0.1) is 0 Å². The molecule has 0 amide bonds. The Hall–Kier alpha value is -0.770. The fourth-order valence-corrected chi connectivity index (χ4v) is 1.84. The van der Waals surface area contributed by atoms with Crippen LogP contribution in [-0.4, -0.2) is 5.11 Å². The molecule has 0 saturated carbocycles. The van der Waals surface area contributed by atoms with Crippen molar-refractivity contribution < 1.29 is 9.52 Å². The molecule has 1 unspecified atom stereocenters. The first-order chi connectivity index (χ1) is 7.18. The zero-order valence-corrected chi connectivity index (χ0v) is 9.99. The first-order valence-electron chi connectivity index (χ1n) is 4.35. The van der Waals surface area contributed by atoms with Gasteiger partial charge in [0.15, 0.2) is 5.76 Å². The van der Waals surface area contributed by atoms with E-state index in [0.717, 1.165) is 10.0 Å². The van der Waals surface area contributed by atoms with E-state index in [1.54, 1.807) is 30.3 Å². The Kier molecular flexibility index (Phi) is 3.14. The molecule has 4 heteroatoms. The average Bonchev–Trinajstić information content (AvgIpc) is 2.65. The minimum absolute atomic E-state index is 0.498. The summed E-state index contributed by atoms with van der Waals surface area (Å²) in [6.45, 7) is 0. The van der Waals surface area contributed by atoms with Crippen LogP contribution in [0.1, 0.15) is 17.4 Å². The van der Waals surface area contributed by atoms with Crippen molar-refractivity contribution in [2.24, 2.45) is 0 Å². The van der Waals surface area contributed by atoms with Gasteiger partial charge < -0.3 is 9.52 Å². The highest BCUT2D eigenvalue weighted by molar-refractivity contribution is 9.10. The SMILES string of the molecule is OC(c1ccc(Cl)cc1)c1occc1Br. The van der Waals surface area contributed by atoms with Gasteiger partial charge in [-0.3, -0.25) is 0 Å². The van der Waals surface area contributed by atoms with Gasteiger partial charge in [0.2, 0.25) is 0 Å². The molecule has 1 aromatic heterocycles. The minimum Gasteiger partial charge on any atom is -0.465 e. The Bertz CT molecular complexity index is 450. The lowest BCUT2D eigenvalue weighted by Gasteiger charge is -2.08. The molecule has 0 aliphatic carbocycles. The Balaban J connectivity index is 2.32. The van der Waals surface area contributed by atoms with Crippen LogP contribution in [0.15, 0.2) is 45.5 Å². The second-order valence-electron chi connectivity index (χ2n) is 3.09. The van der Waals surface area contributed by atoms with E-state index in [1.165, 1.54) is 6.26 Å². The predicted molar refractivity (Wildman–Crippen MR) is 61.9 cm³/mol. The van der Waals surface area contributed by atoms with Crippen molar-refractivity contribution in [3.8, 4) is 0 Å². The van der Waals surface area contributed by atoms with Gasteiger partial charge in [-0.2, -0.15) is 0 Å². The molecule has 78 valence electrons. The summed E-state index contributed by atoms with van der Waals surface area (Å²) in [6, 6.07) is 8.74. The molecule has 1 aromatic carbocycles. The van der Waals surface area contributed by atoms with Crippen LogP contribution in [0.25, 0.3) is 0 Å². The molecule has 0 fully saturated rings. The third-order valence-electron chi connectivity index (χ3n) is 2.08. The third-order valence-corrected chi connectivity index (χ3v) is 2.99. The lowest BCUT2D eigenvalue weighted by atomic mass is 10.1.